The van der Waals surface area contributed by atoms with E-state index in [-0.39, 0.29) is 16.7 Å². The van der Waals surface area contributed by atoms with Gasteiger partial charge >= 0.3 is 12.4 Å². The second-order valence-electron chi connectivity index (χ2n) is 9.79. The summed E-state index contributed by atoms with van der Waals surface area (Å²) in [6.07, 6.45) is -0.529. The Labute approximate surface area is 245 Å². The molecule has 4 aromatic carbocycles. The van der Waals surface area contributed by atoms with Gasteiger partial charge in [0.15, 0.2) is 0 Å². The van der Waals surface area contributed by atoms with Crippen molar-refractivity contribution < 1.29 is 30.7 Å². The molecule has 7 heteroatoms. The number of rotatable bonds is 8. The molecule has 0 bridgehead atoms. The van der Waals surface area contributed by atoms with Gasteiger partial charge in [0.25, 0.3) is 0 Å². The van der Waals surface area contributed by atoms with Crippen molar-refractivity contribution >= 4 is 36.5 Å². The van der Waals surface area contributed by atoms with Crippen molar-refractivity contribution in [2.24, 2.45) is 0 Å². The lowest BCUT2D eigenvalue weighted by molar-refractivity contribution is -0.138. The zero-order valence-corrected chi connectivity index (χ0v) is 23.2. The normalized spacial score (nSPS) is 12.3. The largest absolute Gasteiger partial charge is 0.416 e. The molecule has 0 atom stereocenters. The second kappa shape index (κ2) is 12.7. The summed E-state index contributed by atoms with van der Waals surface area (Å²) in [6.45, 7) is 8.12. The molecular formula is C36H27F7. The smallest absolute Gasteiger partial charge is 0.246 e. The average molecular weight is 593 g/mol. The molecule has 0 aliphatic carbocycles. The van der Waals surface area contributed by atoms with Crippen molar-refractivity contribution in [2.45, 2.75) is 26.0 Å². The van der Waals surface area contributed by atoms with Crippen LogP contribution >= 0.6 is 0 Å². The predicted molar refractivity (Wildman–Crippen MR) is 162 cm³/mol. The van der Waals surface area contributed by atoms with Gasteiger partial charge in [-0.1, -0.05) is 98.1 Å². The minimum Gasteiger partial charge on any atom is -0.246 e. The van der Waals surface area contributed by atoms with E-state index in [1.165, 1.54) is 54.6 Å². The van der Waals surface area contributed by atoms with Crippen molar-refractivity contribution in [1.29, 1.82) is 0 Å². The molecule has 43 heavy (non-hydrogen) atoms. The molecule has 220 valence electrons. The summed E-state index contributed by atoms with van der Waals surface area (Å²) in [5, 5.41) is 0. The summed E-state index contributed by atoms with van der Waals surface area (Å²) in [6, 6.07) is 17.6. The first kappa shape index (κ1) is 31.3. The summed E-state index contributed by atoms with van der Waals surface area (Å²) in [4.78, 5) is 0. The van der Waals surface area contributed by atoms with Crippen LogP contribution in [0.25, 0.3) is 47.6 Å². The predicted octanol–water partition coefficient (Wildman–Crippen LogP) is 11.8. The monoisotopic (exact) mass is 592 g/mol. The summed E-state index contributed by atoms with van der Waals surface area (Å²) < 4.78 is 96.3. The van der Waals surface area contributed by atoms with Crippen LogP contribution in [-0.2, 0) is 19.0 Å². The molecule has 0 unspecified atom stereocenters. The van der Waals surface area contributed by atoms with E-state index in [1.54, 1.807) is 49.4 Å². The van der Waals surface area contributed by atoms with Crippen LogP contribution < -0.4 is 0 Å². The Balaban J connectivity index is 1.77. The number of alkyl halides is 7. The molecule has 0 fully saturated rings. The van der Waals surface area contributed by atoms with Crippen molar-refractivity contribution in [3.05, 3.63) is 142 Å². The fraction of sp³-hybridized carbons (Fsp3) is 0.111. The number of benzene rings is 4. The number of hydrogen-bond acceptors (Lipinski definition) is 0. The first-order valence-corrected chi connectivity index (χ1v) is 13.2. The highest BCUT2D eigenvalue weighted by atomic mass is 19.4. The lowest BCUT2D eigenvalue weighted by Crippen LogP contribution is -2.07. The second-order valence-corrected chi connectivity index (χ2v) is 9.79. The van der Waals surface area contributed by atoms with Gasteiger partial charge in [-0.3, -0.25) is 0 Å². The van der Waals surface area contributed by atoms with Crippen LogP contribution in [0.1, 0.15) is 55.6 Å². The Morgan fingerprint density at radius 2 is 1.02 bits per heavy atom. The highest BCUT2D eigenvalue weighted by Crippen LogP contribution is 2.37. The van der Waals surface area contributed by atoms with E-state index < -0.39 is 30.2 Å². The third-order valence-corrected chi connectivity index (χ3v) is 7.13. The van der Waals surface area contributed by atoms with E-state index in [0.29, 0.717) is 38.9 Å². The molecule has 0 spiro atoms. The summed E-state index contributed by atoms with van der Waals surface area (Å²) in [7, 11) is 0. The molecule has 0 aromatic heterocycles. The van der Waals surface area contributed by atoms with Gasteiger partial charge in [0.1, 0.15) is 6.67 Å². The first-order chi connectivity index (χ1) is 20.4. The molecular weight excluding hydrogens is 565 g/mol. The number of hydrogen-bond donors (Lipinski definition) is 0. The lowest BCUT2D eigenvalue weighted by Gasteiger charge is -2.15. The quantitative estimate of drug-likeness (QED) is 0.141. The van der Waals surface area contributed by atoms with E-state index in [0.717, 1.165) is 12.1 Å². The van der Waals surface area contributed by atoms with E-state index >= 15 is 0 Å². The number of halogens is 7. The topological polar surface area (TPSA) is 0 Å². The Morgan fingerprint density at radius 1 is 0.581 bits per heavy atom. The first-order valence-electron chi connectivity index (χ1n) is 13.2. The molecule has 0 aliphatic rings. The molecule has 0 nitrogen and oxygen atoms in total. The summed E-state index contributed by atoms with van der Waals surface area (Å²) in [5.41, 5.74) is 2.49. The Kier molecular flexibility index (Phi) is 9.24. The molecule has 0 amide bonds. The van der Waals surface area contributed by atoms with Crippen molar-refractivity contribution in [1.82, 2.24) is 0 Å². The minimum atomic E-state index is -4.58. The van der Waals surface area contributed by atoms with Crippen LogP contribution in [0.3, 0.4) is 0 Å². The van der Waals surface area contributed by atoms with Crippen LogP contribution in [-0.4, -0.2) is 0 Å². The summed E-state index contributed by atoms with van der Waals surface area (Å²) >= 11 is 0. The highest BCUT2D eigenvalue weighted by molar-refractivity contribution is 5.83. The van der Waals surface area contributed by atoms with Gasteiger partial charge in [-0.2, -0.15) is 26.3 Å². The molecule has 0 heterocycles. The molecule has 0 radical (unpaired) electrons. The van der Waals surface area contributed by atoms with Crippen molar-refractivity contribution in [3.8, 4) is 11.1 Å². The van der Waals surface area contributed by atoms with E-state index in [4.69, 9.17) is 0 Å². The van der Waals surface area contributed by atoms with Gasteiger partial charge in [0.05, 0.1) is 11.1 Å². The van der Waals surface area contributed by atoms with Crippen LogP contribution in [0.5, 0.6) is 0 Å². The molecule has 0 aliphatic heterocycles. The van der Waals surface area contributed by atoms with Crippen LogP contribution in [0.2, 0.25) is 0 Å². The molecule has 0 saturated heterocycles. The van der Waals surface area contributed by atoms with Gasteiger partial charge in [-0.05, 0) is 86.8 Å². The van der Waals surface area contributed by atoms with Gasteiger partial charge in [-0.15, -0.1) is 0 Å². The van der Waals surface area contributed by atoms with Crippen LogP contribution in [0.15, 0.2) is 86.0 Å². The van der Waals surface area contributed by atoms with E-state index in [1.807, 2.05) is 0 Å². The van der Waals surface area contributed by atoms with Gasteiger partial charge < -0.3 is 0 Å². The minimum absolute atomic E-state index is 0.0231. The van der Waals surface area contributed by atoms with Gasteiger partial charge in [0.2, 0.25) is 0 Å². The van der Waals surface area contributed by atoms with Gasteiger partial charge in [0, 0.05) is 0 Å². The Hall–Kier alpha value is -4.65. The lowest BCUT2D eigenvalue weighted by atomic mass is 9.90. The Bertz CT molecular complexity index is 1720. The third kappa shape index (κ3) is 7.05. The molecule has 0 saturated carbocycles. The maximum absolute atomic E-state index is 14.5. The maximum Gasteiger partial charge on any atom is 0.416 e. The zero-order chi connectivity index (χ0) is 31.4. The van der Waals surface area contributed by atoms with Gasteiger partial charge in [-0.25, -0.2) is 4.39 Å². The Morgan fingerprint density at radius 3 is 1.49 bits per heavy atom. The molecule has 4 aromatic rings. The summed E-state index contributed by atoms with van der Waals surface area (Å²) in [5.74, 6) is 0. The fourth-order valence-corrected chi connectivity index (χ4v) is 4.86. The zero-order valence-electron chi connectivity index (χ0n) is 23.2. The maximum atomic E-state index is 14.5. The fourth-order valence-electron chi connectivity index (χ4n) is 4.86. The van der Waals surface area contributed by atoms with Crippen molar-refractivity contribution in [3.63, 3.8) is 0 Å². The molecule has 0 N–H and O–H groups in total. The highest BCUT2D eigenvalue weighted by Gasteiger charge is 2.33. The third-order valence-electron chi connectivity index (χ3n) is 7.13. The standard InChI is InChI=1S/C36H27F7/c1-4-24-12-18-33(35(38,39)40)28(20-24)16-14-26-8-6-10-30(23(26)3)31-11-7-9-27(32(31)22-37)15-17-29-21-25(5-2)13-19-34(29)36(41,42)43/h4-21H,1-2,22H2,3H3/b16-14+,17-15+. The molecule has 4 rings (SSSR count). The van der Waals surface area contributed by atoms with E-state index in [2.05, 4.69) is 13.2 Å². The van der Waals surface area contributed by atoms with Crippen molar-refractivity contribution in [2.75, 3.05) is 0 Å². The van der Waals surface area contributed by atoms with Crippen LogP contribution in [0.4, 0.5) is 30.7 Å². The average Bonchev–Trinajstić information content (AvgIpc) is 2.97. The SMILES string of the molecule is C=Cc1ccc(C(F)(F)F)c(/C=C/c2cccc(-c3cccc(/C=C/c4cc(C=C)ccc4C(F)(F)F)c3CF)c2C)c1. The van der Waals surface area contributed by atoms with E-state index in [9.17, 15) is 30.7 Å². The van der Waals surface area contributed by atoms with Crippen LogP contribution in [0, 0.1) is 6.92 Å².